The van der Waals surface area contributed by atoms with Crippen LogP contribution in [0.4, 0.5) is 0 Å². The maximum atomic E-state index is 11.8. The summed E-state index contributed by atoms with van der Waals surface area (Å²) in [6.45, 7) is 8.71. The molecule has 0 radical (unpaired) electrons. The maximum Gasteiger partial charge on any atom is 0.225 e. The van der Waals surface area contributed by atoms with Crippen LogP contribution in [0.5, 0.6) is 0 Å². The normalized spacial score (nSPS) is 17.9. The quantitative estimate of drug-likeness (QED) is 0.666. The number of aliphatic hydroxyl groups excluding tert-OH is 1. The summed E-state index contributed by atoms with van der Waals surface area (Å²) in [6, 6.07) is 0. The van der Waals surface area contributed by atoms with Crippen LogP contribution in [0.15, 0.2) is 0 Å². The van der Waals surface area contributed by atoms with Gasteiger partial charge in [-0.05, 0) is 32.6 Å². The standard InChI is InChI=1S/C14H29NO3/c1-6-13(3,12(17)15-5)9-11-18-14(4,7-2)8-10-16/h16H,6-11H2,1-5H3,(H,15,17). The second-order valence-electron chi connectivity index (χ2n) is 5.37. The van der Waals surface area contributed by atoms with Crippen molar-refractivity contribution in [2.75, 3.05) is 20.3 Å². The van der Waals surface area contributed by atoms with Gasteiger partial charge in [0.15, 0.2) is 0 Å². The smallest absolute Gasteiger partial charge is 0.225 e. The zero-order chi connectivity index (χ0) is 14.2. The Kier molecular flexibility index (Phi) is 7.48. The first-order chi connectivity index (χ1) is 8.37. The lowest BCUT2D eigenvalue weighted by Gasteiger charge is -2.31. The fourth-order valence-corrected chi connectivity index (χ4v) is 1.86. The van der Waals surface area contributed by atoms with Crippen LogP contribution in [-0.4, -0.2) is 36.9 Å². The topological polar surface area (TPSA) is 58.6 Å². The van der Waals surface area contributed by atoms with Gasteiger partial charge < -0.3 is 15.2 Å². The van der Waals surface area contributed by atoms with Crippen LogP contribution in [0.25, 0.3) is 0 Å². The first-order valence-corrected chi connectivity index (χ1v) is 6.84. The highest BCUT2D eigenvalue weighted by Gasteiger charge is 2.31. The van der Waals surface area contributed by atoms with Crippen molar-refractivity contribution in [2.45, 2.75) is 59.0 Å². The molecule has 4 nitrogen and oxygen atoms in total. The first-order valence-electron chi connectivity index (χ1n) is 6.84. The van der Waals surface area contributed by atoms with Crippen molar-refractivity contribution in [2.24, 2.45) is 5.41 Å². The summed E-state index contributed by atoms with van der Waals surface area (Å²) in [5.41, 5.74) is -0.658. The third-order valence-corrected chi connectivity index (χ3v) is 4.05. The average molecular weight is 259 g/mol. The lowest BCUT2D eigenvalue weighted by atomic mass is 9.83. The van der Waals surface area contributed by atoms with Crippen molar-refractivity contribution < 1.29 is 14.6 Å². The van der Waals surface area contributed by atoms with E-state index < -0.39 is 0 Å². The van der Waals surface area contributed by atoms with Crippen LogP contribution in [0.2, 0.25) is 0 Å². The Morgan fingerprint density at radius 3 is 2.22 bits per heavy atom. The molecule has 0 heterocycles. The molecule has 0 rings (SSSR count). The molecule has 0 aliphatic heterocycles. The predicted octanol–water partition coefficient (Wildman–Crippen LogP) is 2.11. The minimum Gasteiger partial charge on any atom is -0.396 e. The van der Waals surface area contributed by atoms with Crippen molar-refractivity contribution >= 4 is 5.91 Å². The van der Waals surface area contributed by atoms with Crippen LogP contribution in [0.1, 0.15) is 53.4 Å². The molecule has 0 fully saturated rings. The van der Waals surface area contributed by atoms with Crippen LogP contribution in [0, 0.1) is 5.41 Å². The predicted molar refractivity (Wildman–Crippen MR) is 73.4 cm³/mol. The Morgan fingerprint density at radius 1 is 1.22 bits per heavy atom. The summed E-state index contributed by atoms with van der Waals surface area (Å²) < 4.78 is 5.87. The molecule has 2 atom stereocenters. The number of hydrogen-bond donors (Lipinski definition) is 2. The van der Waals surface area contributed by atoms with Crippen LogP contribution in [-0.2, 0) is 9.53 Å². The third-order valence-electron chi connectivity index (χ3n) is 4.05. The number of amides is 1. The monoisotopic (exact) mass is 259 g/mol. The number of aliphatic hydroxyl groups is 1. The van der Waals surface area contributed by atoms with Gasteiger partial charge in [-0.25, -0.2) is 0 Å². The van der Waals surface area contributed by atoms with Gasteiger partial charge in [-0.1, -0.05) is 20.8 Å². The Morgan fingerprint density at radius 2 is 1.83 bits per heavy atom. The molecule has 0 aromatic heterocycles. The van der Waals surface area contributed by atoms with E-state index in [-0.39, 0.29) is 23.5 Å². The minimum absolute atomic E-state index is 0.0639. The Hall–Kier alpha value is -0.610. The zero-order valence-electron chi connectivity index (χ0n) is 12.5. The van der Waals surface area contributed by atoms with Gasteiger partial charge >= 0.3 is 0 Å². The van der Waals surface area contributed by atoms with Gasteiger partial charge in [-0.2, -0.15) is 0 Å². The van der Waals surface area contributed by atoms with E-state index in [0.717, 1.165) is 12.8 Å². The van der Waals surface area contributed by atoms with E-state index in [1.165, 1.54) is 0 Å². The van der Waals surface area contributed by atoms with E-state index in [9.17, 15) is 4.79 Å². The fourth-order valence-electron chi connectivity index (χ4n) is 1.86. The number of hydrogen-bond acceptors (Lipinski definition) is 3. The van der Waals surface area contributed by atoms with E-state index in [1.54, 1.807) is 7.05 Å². The maximum absolute atomic E-state index is 11.8. The fraction of sp³-hybridized carbons (Fsp3) is 0.929. The summed E-state index contributed by atoms with van der Waals surface area (Å²) >= 11 is 0. The van der Waals surface area contributed by atoms with E-state index in [0.29, 0.717) is 19.4 Å². The van der Waals surface area contributed by atoms with Crippen LogP contribution >= 0.6 is 0 Å². The number of carbonyl (C=O) groups is 1. The molecule has 108 valence electrons. The summed E-state index contributed by atoms with van der Waals surface area (Å²) in [6.07, 6.45) is 2.98. The molecule has 0 bridgehead atoms. The SMILES string of the molecule is CCC(C)(CCO)OCCC(C)(CC)C(=O)NC. The zero-order valence-corrected chi connectivity index (χ0v) is 12.5. The number of rotatable bonds is 9. The molecule has 0 aromatic rings. The molecule has 0 saturated carbocycles. The van der Waals surface area contributed by atoms with Crippen molar-refractivity contribution in [3.8, 4) is 0 Å². The first kappa shape index (κ1) is 17.4. The van der Waals surface area contributed by atoms with Crippen molar-refractivity contribution in [3.63, 3.8) is 0 Å². The van der Waals surface area contributed by atoms with E-state index in [4.69, 9.17) is 9.84 Å². The molecule has 2 N–H and O–H groups in total. The molecule has 18 heavy (non-hydrogen) atoms. The highest BCUT2D eigenvalue weighted by molar-refractivity contribution is 5.81. The van der Waals surface area contributed by atoms with Gasteiger partial charge in [0.25, 0.3) is 0 Å². The van der Waals surface area contributed by atoms with E-state index >= 15 is 0 Å². The largest absolute Gasteiger partial charge is 0.396 e. The molecule has 2 unspecified atom stereocenters. The lowest BCUT2D eigenvalue weighted by molar-refractivity contribution is -0.132. The molecule has 0 spiro atoms. The molecule has 0 saturated heterocycles. The number of ether oxygens (including phenoxy) is 1. The van der Waals surface area contributed by atoms with Crippen molar-refractivity contribution in [1.82, 2.24) is 5.32 Å². The van der Waals surface area contributed by atoms with Crippen LogP contribution < -0.4 is 5.32 Å². The lowest BCUT2D eigenvalue weighted by Crippen LogP contribution is -2.38. The van der Waals surface area contributed by atoms with E-state index in [1.807, 2.05) is 27.7 Å². The van der Waals surface area contributed by atoms with Crippen LogP contribution in [0.3, 0.4) is 0 Å². The summed E-state index contributed by atoms with van der Waals surface area (Å²) in [4.78, 5) is 11.8. The van der Waals surface area contributed by atoms with Gasteiger partial charge in [0.05, 0.1) is 5.60 Å². The molecule has 0 aliphatic carbocycles. The number of carbonyl (C=O) groups excluding carboxylic acids is 1. The van der Waals surface area contributed by atoms with Gasteiger partial charge in [-0.3, -0.25) is 4.79 Å². The van der Waals surface area contributed by atoms with Crippen molar-refractivity contribution in [3.05, 3.63) is 0 Å². The van der Waals surface area contributed by atoms with Gasteiger partial charge in [-0.15, -0.1) is 0 Å². The second kappa shape index (κ2) is 7.74. The Bertz CT molecular complexity index is 257. The highest BCUT2D eigenvalue weighted by Crippen LogP contribution is 2.28. The Balaban J connectivity index is 4.34. The number of nitrogens with one attached hydrogen (secondary N) is 1. The Labute approximate surface area is 111 Å². The molecular weight excluding hydrogens is 230 g/mol. The summed E-state index contributed by atoms with van der Waals surface area (Å²) in [7, 11) is 1.67. The van der Waals surface area contributed by atoms with E-state index in [2.05, 4.69) is 5.32 Å². The van der Waals surface area contributed by atoms with Gasteiger partial charge in [0.1, 0.15) is 0 Å². The molecule has 4 heteroatoms. The molecule has 1 amide bonds. The third kappa shape index (κ3) is 4.94. The summed E-state index contributed by atoms with van der Waals surface area (Å²) in [5.74, 6) is 0.0639. The minimum atomic E-state index is -0.372. The van der Waals surface area contributed by atoms with Gasteiger partial charge in [0.2, 0.25) is 5.91 Å². The molecule has 0 aromatic carbocycles. The second-order valence-corrected chi connectivity index (χ2v) is 5.37. The molecular formula is C14H29NO3. The molecule has 0 aliphatic rings. The van der Waals surface area contributed by atoms with Crippen molar-refractivity contribution in [1.29, 1.82) is 0 Å². The average Bonchev–Trinajstić information content (AvgIpc) is 2.37. The highest BCUT2D eigenvalue weighted by atomic mass is 16.5. The summed E-state index contributed by atoms with van der Waals surface area (Å²) in [5, 5.41) is 11.7. The van der Waals surface area contributed by atoms with Gasteiger partial charge in [0, 0.05) is 25.7 Å².